The quantitative estimate of drug-likeness (QED) is 0.766. The molecule has 1 aromatic rings. The normalized spacial score (nSPS) is 18.8. The minimum Gasteiger partial charge on any atom is -0.392 e. The molecule has 2 rings (SSSR count). The Hall–Kier alpha value is -0.730. The Morgan fingerprint density at radius 2 is 1.93 bits per heavy atom. The fourth-order valence-corrected chi connectivity index (χ4v) is 5.72. The zero-order chi connectivity index (χ0) is 20.4. The molecule has 1 atom stereocenters. The lowest BCUT2D eigenvalue weighted by Crippen LogP contribution is -2.49. The molecule has 1 saturated heterocycles. The minimum atomic E-state index is -4.04. The van der Waals surface area contributed by atoms with Crippen LogP contribution in [0.15, 0.2) is 23.1 Å². The van der Waals surface area contributed by atoms with Crippen molar-refractivity contribution in [2.45, 2.75) is 57.1 Å². The number of hydrogen-bond acceptors (Lipinski definition) is 4. The number of nitrogens with zero attached hydrogens (tertiary/aromatic N) is 2. The van der Waals surface area contributed by atoms with E-state index in [2.05, 4.69) is 4.90 Å². The molecule has 8 heteroatoms. The van der Waals surface area contributed by atoms with Crippen LogP contribution in [0.5, 0.6) is 0 Å². The van der Waals surface area contributed by atoms with E-state index in [1.807, 2.05) is 27.8 Å². The van der Waals surface area contributed by atoms with Gasteiger partial charge in [0.05, 0.1) is 11.1 Å². The van der Waals surface area contributed by atoms with Gasteiger partial charge < -0.3 is 10.0 Å². The zero-order valence-corrected chi connectivity index (χ0v) is 18.0. The summed E-state index contributed by atoms with van der Waals surface area (Å²) >= 11 is 6.09. The van der Waals surface area contributed by atoms with Crippen molar-refractivity contribution < 1.29 is 17.9 Å². The number of aliphatic hydroxyl groups is 1. The van der Waals surface area contributed by atoms with Gasteiger partial charge in [-0.3, -0.25) is 0 Å². The maximum Gasteiger partial charge on any atom is 0.245 e. The van der Waals surface area contributed by atoms with Gasteiger partial charge in [0.1, 0.15) is 10.7 Å². The second-order valence-corrected chi connectivity index (χ2v) is 10.9. The van der Waals surface area contributed by atoms with Crippen molar-refractivity contribution in [2.75, 3.05) is 26.7 Å². The highest BCUT2D eigenvalue weighted by Gasteiger charge is 2.36. The fraction of sp³-hybridized carbons (Fsp3) is 0.684. The van der Waals surface area contributed by atoms with Crippen LogP contribution in [0.2, 0.25) is 5.02 Å². The highest BCUT2D eigenvalue weighted by molar-refractivity contribution is 7.89. The van der Waals surface area contributed by atoms with Crippen LogP contribution in [0, 0.1) is 11.2 Å². The molecule has 27 heavy (non-hydrogen) atoms. The molecule has 1 fully saturated rings. The second kappa shape index (κ2) is 8.74. The van der Waals surface area contributed by atoms with E-state index in [0.717, 1.165) is 25.2 Å². The monoisotopic (exact) mass is 420 g/mol. The maximum atomic E-state index is 13.7. The summed E-state index contributed by atoms with van der Waals surface area (Å²) in [5.41, 5.74) is -0.141. The van der Waals surface area contributed by atoms with Crippen molar-refractivity contribution in [1.29, 1.82) is 0 Å². The van der Waals surface area contributed by atoms with Gasteiger partial charge in [0, 0.05) is 12.6 Å². The molecule has 0 aliphatic carbocycles. The molecule has 1 heterocycles. The first kappa shape index (κ1) is 22.6. The summed E-state index contributed by atoms with van der Waals surface area (Å²) in [6.07, 6.45) is 0.963. The highest BCUT2D eigenvalue weighted by atomic mass is 35.5. The van der Waals surface area contributed by atoms with Gasteiger partial charge in [0.15, 0.2) is 0 Å². The van der Waals surface area contributed by atoms with Crippen LogP contribution in [-0.4, -0.2) is 61.6 Å². The Balaban J connectivity index is 2.37. The molecule has 1 N–H and O–H groups in total. The third-order valence-corrected chi connectivity index (χ3v) is 7.21. The van der Waals surface area contributed by atoms with Crippen molar-refractivity contribution >= 4 is 21.6 Å². The second-order valence-electron chi connectivity index (χ2n) is 8.60. The minimum absolute atomic E-state index is 0.0142. The number of sulfonamides is 1. The van der Waals surface area contributed by atoms with Crippen LogP contribution in [0.4, 0.5) is 4.39 Å². The van der Waals surface area contributed by atoms with E-state index in [1.165, 1.54) is 10.4 Å². The molecule has 0 saturated carbocycles. The number of likely N-dealkylation sites (tertiary alicyclic amines) is 1. The summed E-state index contributed by atoms with van der Waals surface area (Å²) in [6, 6.07) is 3.09. The molecule has 1 aliphatic heterocycles. The number of halogens is 2. The first-order chi connectivity index (χ1) is 12.4. The van der Waals surface area contributed by atoms with Crippen molar-refractivity contribution in [3.8, 4) is 0 Å². The largest absolute Gasteiger partial charge is 0.392 e. The first-order valence-corrected chi connectivity index (χ1v) is 11.1. The van der Waals surface area contributed by atoms with Gasteiger partial charge in [0.2, 0.25) is 10.0 Å². The van der Waals surface area contributed by atoms with Crippen molar-refractivity contribution in [3.05, 3.63) is 29.0 Å². The van der Waals surface area contributed by atoms with Crippen LogP contribution in [0.25, 0.3) is 0 Å². The molecular formula is C19H30ClFN2O3S. The maximum absolute atomic E-state index is 13.7. The van der Waals surface area contributed by atoms with Gasteiger partial charge in [-0.1, -0.05) is 32.4 Å². The Labute approximate surface area is 167 Å². The van der Waals surface area contributed by atoms with E-state index < -0.39 is 21.9 Å². The summed E-state index contributed by atoms with van der Waals surface area (Å²) in [5, 5.41) is 10.5. The van der Waals surface area contributed by atoms with Crippen molar-refractivity contribution in [1.82, 2.24) is 9.21 Å². The third-order valence-electron chi connectivity index (χ3n) is 4.81. The molecule has 154 valence electrons. The highest BCUT2D eigenvalue weighted by Crippen LogP contribution is 2.31. The SMILES string of the molecule is CN1CCC(N(C[C@H](O)CC(C)(C)C)S(=O)(=O)c2cc(F)ccc2Cl)CC1. The lowest BCUT2D eigenvalue weighted by atomic mass is 9.89. The molecule has 0 spiro atoms. The molecule has 1 aromatic carbocycles. The summed E-state index contributed by atoms with van der Waals surface area (Å²) in [6.45, 7) is 7.49. The van der Waals surface area contributed by atoms with Crippen LogP contribution < -0.4 is 0 Å². The molecule has 1 aliphatic rings. The standard InChI is InChI=1S/C19H30ClFN2O3S/c1-19(2,3)12-16(24)13-23(15-7-9-22(4)10-8-15)27(25,26)18-11-14(21)5-6-17(18)20/h5-6,11,15-16,24H,7-10,12-13H2,1-4H3/t16-/m1/s1. The Kier molecular flexibility index (Phi) is 7.30. The average Bonchev–Trinajstić information content (AvgIpc) is 2.54. The summed E-state index contributed by atoms with van der Waals surface area (Å²) in [4.78, 5) is 1.90. The van der Waals surface area contributed by atoms with E-state index in [4.69, 9.17) is 11.6 Å². The first-order valence-electron chi connectivity index (χ1n) is 9.23. The van der Waals surface area contributed by atoms with Crippen LogP contribution in [0.3, 0.4) is 0 Å². The van der Waals surface area contributed by atoms with E-state index in [-0.39, 0.29) is 27.9 Å². The molecule has 0 bridgehead atoms. The Morgan fingerprint density at radius 1 is 1.33 bits per heavy atom. The summed E-state index contributed by atoms with van der Waals surface area (Å²) < 4.78 is 41.7. The van der Waals surface area contributed by atoms with Gasteiger partial charge in [-0.2, -0.15) is 4.31 Å². The topological polar surface area (TPSA) is 60.9 Å². The summed E-state index contributed by atoms with van der Waals surface area (Å²) in [5.74, 6) is -0.656. The molecule has 0 unspecified atom stereocenters. The lowest BCUT2D eigenvalue weighted by Gasteiger charge is -2.38. The van der Waals surface area contributed by atoms with Crippen LogP contribution >= 0.6 is 11.6 Å². The Bertz CT molecular complexity index is 744. The molecule has 5 nitrogen and oxygen atoms in total. The Morgan fingerprint density at radius 3 is 2.48 bits per heavy atom. The van der Waals surface area contributed by atoms with E-state index in [1.54, 1.807) is 0 Å². The third kappa shape index (κ3) is 6.12. The van der Waals surface area contributed by atoms with E-state index in [0.29, 0.717) is 19.3 Å². The molecule has 0 amide bonds. The zero-order valence-electron chi connectivity index (χ0n) is 16.5. The van der Waals surface area contributed by atoms with E-state index in [9.17, 15) is 17.9 Å². The fourth-order valence-electron chi connectivity index (χ4n) is 3.51. The number of rotatable bonds is 6. The van der Waals surface area contributed by atoms with Gasteiger partial charge in [-0.15, -0.1) is 0 Å². The smallest absolute Gasteiger partial charge is 0.245 e. The van der Waals surface area contributed by atoms with Crippen molar-refractivity contribution in [2.24, 2.45) is 5.41 Å². The molecular weight excluding hydrogens is 391 g/mol. The molecule has 0 radical (unpaired) electrons. The van der Waals surface area contributed by atoms with Gasteiger partial charge in [0.25, 0.3) is 0 Å². The van der Waals surface area contributed by atoms with Gasteiger partial charge in [-0.25, -0.2) is 12.8 Å². The predicted octanol–water partition coefficient (Wildman–Crippen LogP) is 3.36. The van der Waals surface area contributed by atoms with Gasteiger partial charge >= 0.3 is 0 Å². The number of hydrogen-bond donors (Lipinski definition) is 1. The predicted molar refractivity (Wildman–Crippen MR) is 106 cm³/mol. The number of aliphatic hydroxyl groups excluding tert-OH is 1. The van der Waals surface area contributed by atoms with Crippen LogP contribution in [-0.2, 0) is 10.0 Å². The molecule has 0 aromatic heterocycles. The average molecular weight is 421 g/mol. The van der Waals surface area contributed by atoms with Gasteiger partial charge in [-0.05, 0) is 63.0 Å². The lowest BCUT2D eigenvalue weighted by molar-refractivity contribution is 0.0795. The number of benzene rings is 1. The summed E-state index contributed by atoms with van der Waals surface area (Å²) in [7, 11) is -2.05. The van der Waals surface area contributed by atoms with Crippen molar-refractivity contribution in [3.63, 3.8) is 0 Å². The van der Waals surface area contributed by atoms with Crippen LogP contribution in [0.1, 0.15) is 40.0 Å². The number of piperidine rings is 1. The van der Waals surface area contributed by atoms with E-state index >= 15 is 0 Å².